The molecule has 0 aliphatic rings. The summed E-state index contributed by atoms with van der Waals surface area (Å²) in [4.78, 5) is 0.105. The molecule has 0 radical (unpaired) electrons. The lowest BCUT2D eigenvalue weighted by atomic mass is 10.2. The predicted molar refractivity (Wildman–Crippen MR) is 122 cm³/mol. The first-order valence-electron chi connectivity index (χ1n) is 9.13. The van der Waals surface area contributed by atoms with Crippen LogP contribution in [0, 0.1) is 0 Å². The quantitative estimate of drug-likeness (QED) is 0.429. The van der Waals surface area contributed by atoms with Crippen LogP contribution in [0.2, 0.25) is 10.0 Å². The van der Waals surface area contributed by atoms with Crippen molar-refractivity contribution >= 4 is 38.9 Å². The number of sulfonamides is 1. The van der Waals surface area contributed by atoms with Crippen LogP contribution < -0.4 is 18.5 Å². The zero-order valence-corrected chi connectivity index (χ0v) is 19.5. The summed E-state index contributed by atoms with van der Waals surface area (Å²) >= 11 is 12.3. The number of methoxy groups -OCH3 is 3. The van der Waals surface area contributed by atoms with E-state index in [1.807, 2.05) is 0 Å². The molecule has 0 heterocycles. The second kappa shape index (κ2) is 9.68. The van der Waals surface area contributed by atoms with Crippen molar-refractivity contribution in [1.29, 1.82) is 0 Å². The Morgan fingerprint density at radius 1 is 0.806 bits per heavy atom. The van der Waals surface area contributed by atoms with E-state index in [2.05, 4.69) is 0 Å². The van der Waals surface area contributed by atoms with Crippen molar-refractivity contribution in [2.45, 2.75) is 11.4 Å². The number of benzene rings is 3. The molecule has 0 aliphatic heterocycles. The van der Waals surface area contributed by atoms with Gasteiger partial charge in [0.15, 0.2) is 11.5 Å². The lowest BCUT2D eigenvalue weighted by Gasteiger charge is -2.26. The molecule has 0 atom stereocenters. The largest absolute Gasteiger partial charge is 0.497 e. The van der Waals surface area contributed by atoms with Gasteiger partial charge in [0.2, 0.25) is 0 Å². The van der Waals surface area contributed by atoms with E-state index < -0.39 is 10.0 Å². The molecule has 0 aromatic heterocycles. The van der Waals surface area contributed by atoms with Gasteiger partial charge < -0.3 is 14.2 Å². The third kappa shape index (κ3) is 5.01. The molecule has 0 saturated heterocycles. The summed E-state index contributed by atoms with van der Waals surface area (Å²) in [5.74, 6) is 1.44. The van der Waals surface area contributed by atoms with E-state index in [-0.39, 0.29) is 11.4 Å². The van der Waals surface area contributed by atoms with Gasteiger partial charge in [-0.1, -0.05) is 29.3 Å². The topological polar surface area (TPSA) is 65.1 Å². The molecule has 0 saturated carbocycles. The second-order valence-electron chi connectivity index (χ2n) is 6.46. The normalized spacial score (nSPS) is 11.1. The summed E-state index contributed by atoms with van der Waals surface area (Å²) < 4.78 is 44.3. The van der Waals surface area contributed by atoms with Crippen LogP contribution in [0.4, 0.5) is 5.69 Å². The highest BCUT2D eigenvalue weighted by molar-refractivity contribution is 7.92. The Morgan fingerprint density at radius 2 is 1.48 bits per heavy atom. The number of nitrogens with zero attached hydrogens (tertiary/aromatic N) is 1. The maximum atomic E-state index is 13.6. The third-order valence-corrected chi connectivity index (χ3v) is 7.01. The predicted octanol–water partition coefficient (Wildman–Crippen LogP) is 5.41. The van der Waals surface area contributed by atoms with E-state index in [0.29, 0.717) is 38.5 Å². The van der Waals surface area contributed by atoms with Gasteiger partial charge in [-0.25, -0.2) is 8.42 Å². The summed E-state index contributed by atoms with van der Waals surface area (Å²) in [7, 11) is 0.554. The van der Waals surface area contributed by atoms with Crippen LogP contribution in [0.25, 0.3) is 0 Å². The van der Waals surface area contributed by atoms with Gasteiger partial charge in [0.1, 0.15) is 5.75 Å². The van der Waals surface area contributed by atoms with Gasteiger partial charge in [0.05, 0.1) is 38.5 Å². The maximum absolute atomic E-state index is 13.6. The van der Waals surface area contributed by atoms with E-state index in [1.165, 1.54) is 37.8 Å². The van der Waals surface area contributed by atoms with Crippen molar-refractivity contribution in [2.24, 2.45) is 0 Å². The molecule has 3 rings (SSSR count). The van der Waals surface area contributed by atoms with Crippen LogP contribution in [0.15, 0.2) is 65.6 Å². The number of hydrogen-bond acceptors (Lipinski definition) is 5. The summed E-state index contributed by atoms with van der Waals surface area (Å²) in [6, 6.07) is 16.0. The molecule has 0 N–H and O–H groups in total. The van der Waals surface area contributed by atoms with Crippen molar-refractivity contribution < 1.29 is 22.6 Å². The van der Waals surface area contributed by atoms with Gasteiger partial charge in [0, 0.05) is 16.1 Å². The molecule has 31 heavy (non-hydrogen) atoms. The Hall–Kier alpha value is -2.61. The van der Waals surface area contributed by atoms with Gasteiger partial charge in [0.25, 0.3) is 10.0 Å². The van der Waals surface area contributed by atoms with Crippen molar-refractivity contribution in [3.63, 3.8) is 0 Å². The minimum absolute atomic E-state index is 0.0140. The highest BCUT2D eigenvalue weighted by atomic mass is 35.5. The molecular formula is C22H21Cl2NO5S. The van der Waals surface area contributed by atoms with Crippen molar-refractivity contribution in [1.82, 2.24) is 0 Å². The van der Waals surface area contributed by atoms with Crippen LogP contribution in [0.3, 0.4) is 0 Å². The molecule has 164 valence electrons. The van der Waals surface area contributed by atoms with Gasteiger partial charge in [-0.05, 0) is 54.1 Å². The Morgan fingerprint density at radius 3 is 2.06 bits per heavy atom. The fourth-order valence-corrected chi connectivity index (χ4v) is 4.88. The van der Waals surface area contributed by atoms with Crippen molar-refractivity contribution in [3.05, 3.63) is 76.3 Å². The summed E-state index contributed by atoms with van der Waals surface area (Å²) in [6.45, 7) is -0.0140. The lowest BCUT2D eigenvalue weighted by Crippen LogP contribution is -2.30. The number of anilines is 1. The molecule has 0 amide bonds. The van der Waals surface area contributed by atoms with Gasteiger partial charge in [-0.15, -0.1) is 0 Å². The summed E-state index contributed by atoms with van der Waals surface area (Å²) in [5, 5.41) is 0.826. The average molecular weight is 482 g/mol. The molecule has 0 unspecified atom stereocenters. The maximum Gasteiger partial charge on any atom is 0.264 e. The minimum Gasteiger partial charge on any atom is -0.497 e. The average Bonchev–Trinajstić information content (AvgIpc) is 2.78. The van der Waals surface area contributed by atoms with Crippen molar-refractivity contribution in [3.8, 4) is 17.2 Å². The first-order valence-corrected chi connectivity index (χ1v) is 11.3. The molecule has 0 fully saturated rings. The van der Waals surface area contributed by atoms with Gasteiger partial charge >= 0.3 is 0 Å². The van der Waals surface area contributed by atoms with E-state index in [9.17, 15) is 8.42 Å². The highest BCUT2D eigenvalue weighted by Crippen LogP contribution is 2.35. The number of rotatable bonds is 8. The Bertz CT molecular complexity index is 1170. The second-order valence-corrected chi connectivity index (χ2v) is 9.17. The molecule has 3 aromatic carbocycles. The fourth-order valence-electron chi connectivity index (χ4n) is 2.97. The zero-order chi connectivity index (χ0) is 22.6. The minimum atomic E-state index is -3.96. The number of halogens is 2. The number of ether oxygens (including phenoxy) is 3. The molecule has 0 aliphatic carbocycles. The fraction of sp³-hybridized carbons (Fsp3) is 0.182. The Balaban J connectivity index is 2.13. The molecule has 0 spiro atoms. The van der Waals surface area contributed by atoms with Crippen LogP contribution in [-0.4, -0.2) is 29.7 Å². The van der Waals surface area contributed by atoms with Gasteiger partial charge in [-0.2, -0.15) is 0 Å². The van der Waals surface area contributed by atoms with Crippen LogP contribution in [-0.2, 0) is 16.6 Å². The Kier molecular flexibility index (Phi) is 7.20. The van der Waals surface area contributed by atoms with Crippen LogP contribution >= 0.6 is 23.2 Å². The highest BCUT2D eigenvalue weighted by Gasteiger charge is 2.27. The van der Waals surface area contributed by atoms with E-state index >= 15 is 0 Å². The smallest absolute Gasteiger partial charge is 0.264 e. The molecular weight excluding hydrogens is 461 g/mol. The zero-order valence-electron chi connectivity index (χ0n) is 17.1. The van der Waals surface area contributed by atoms with E-state index in [4.69, 9.17) is 37.4 Å². The number of hydrogen-bond donors (Lipinski definition) is 0. The Labute approximate surface area is 191 Å². The van der Waals surface area contributed by atoms with Gasteiger partial charge in [-0.3, -0.25) is 4.31 Å². The first-order chi connectivity index (χ1) is 14.8. The molecule has 0 bridgehead atoms. The van der Waals surface area contributed by atoms with Crippen molar-refractivity contribution in [2.75, 3.05) is 25.6 Å². The molecule has 6 nitrogen and oxygen atoms in total. The monoisotopic (exact) mass is 481 g/mol. The van der Waals surface area contributed by atoms with Crippen LogP contribution in [0.1, 0.15) is 5.56 Å². The molecule has 9 heteroatoms. The summed E-state index contributed by atoms with van der Waals surface area (Å²) in [6.07, 6.45) is 0. The first kappa shape index (κ1) is 23.1. The van der Waals surface area contributed by atoms with Crippen LogP contribution in [0.5, 0.6) is 17.2 Å². The third-order valence-electron chi connectivity index (χ3n) is 4.63. The SMILES string of the molecule is COc1ccc(S(=O)(=O)N(Cc2ccc(Cl)cc2Cl)c2ccc(OC)c(OC)c2)cc1. The molecule has 3 aromatic rings. The standard InChI is InChI=1S/C22H21Cl2NO5S/c1-28-18-7-9-19(10-8-18)31(26,27)25(14-15-4-5-16(23)12-20(15)24)17-6-11-21(29-2)22(13-17)30-3/h4-13H,14H2,1-3H3. The lowest BCUT2D eigenvalue weighted by molar-refractivity contribution is 0.355. The van der Waals surface area contributed by atoms with E-state index in [1.54, 1.807) is 48.5 Å². The van der Waals surface area contributed by atoms with E-state index in [0.717, 1.165) is 0 Å². The summed E-state index contributed by atoms with van der Waals surface area (Å²) in [5.41, 5.74) is 0.984.